The normalized spacial score (nSPS) is 12.0. The highest BCUT2D eigenvalue weighted by Gasteiger charge is 2.21. The van der Waals surface area contributed by atoms with Crippen LogP contribution in [0.1, 0.15) is 12.5 Å². The maximum Gasteiger partial charge on any atom is 0.238 e. The number of carbonyl (C=O) groups excluding carboxylic acids is 1. The summed E-state index contributed by atoms with van der Waals surface area (Å²) in [7, 11) is 0. The van der Waals surface area contributed by atoms with Gasteiger partial charge >= 0.3 is 0 Å². The second-order valence-electron chi connectivity index (χ2n) is 4.75. The fourth-order valence-corrected chi connectivity index (χ4v) is 2.84. The van der Waals surface area contributed by atoms with E-state index >= 15 is 0 Å². The minimum absolute atomic E-state index is 0.170. The van der Waals surface area contributed by atoms with Gasteiger partial charge in [0.05, 0.1) is 5.69 Å². The number of benzene rings is 1. The molecule has 4 nitrogen and oxygen atoms in total. The van der Waals surface area contributed by atoms with Gasteiger partial charge in [-0.15, -0.1) is 0 Å². The maximum atomic E-state index is 13.5. The molecule has 9 heteroatoms. The second kappa shape index (κ2) is 8.00. The minimum Gasteiger partial charge on any atom is -0.464 e. The van der Waals surface area contributed by atoms with Crippen LogP contribution in [0.4, 0.5) is 14.5 Å². The van der Waals surface area contributed by atoms with Gasteiger partial charge in [0, 0.05) is 5.75 Å². The number of ether oxygens (including phenoxy) is 1. The Hall–Kier alpha value is -1.57. The molecule has 0 aliphatic heterocycles. The van der Waals surface area contributed by atoms with Crippen molar-refractivity contribution >= 4 is 45.8 Å². The van der Waals surface area contributed by atoms with E-state index in [1.54, 1.807) is 12.1 Å². The van der Waals surface area contributed by atoms with Gasteiger partial charge in [0.1, 0.15) is 15.9 Å². The number of carbonyl (C=O) groups is 1. The molecule has 0 aliphatic carbocycles. The predicted molar refractivity (Wildman–Crippen MR) is 91.4 cm³/mol. The van der Waals surface area contributed by atoms with Crippen LogP contribution in [0.15, 0.2) is 24.3 Å². The summed E-state index contributed by atoms with van der Waals surface area (Å²) in [4.78, 5) is 15.5. The SMILES string of the molecule is C[C@@H](Oc1nc(F)c(Cl)c(N)c1Cl)C(=O)SCc1cccc(F)c1. The molecule has 128 valence electrons. The Bertz CT molecular complexity index is 777. The van der Waals surface area contributed by atoms with Crippen LogP contribution >= 0.6 is 35.0 Å². The molecule has 1 aromatic heterocycles. The molecule has 2 aromatic rings. The van der Waals surface area contributed by atoms with E-state index in [1.807, 2.05) is 0 Å². The lowest BCUT2D eigenvalue weighted by Gasteiger charge is -2.15. The Morgan fingerprint density at radius 2 is 2.08 bits per heavy atom. The molecule has 2 N–H and O–H groups in total. The van der Waals surface area contributed by atoms with Crippen LogP contribution in [-0.4, -0.2) is 16.2 Å². The van der Waals surface area contributed by atoms with Crippen LogP contribution < -0.4 is 10.5 Å². The van der Waals surface area contributed by atoms with E-state index in [1.165, 1.54) is 19.1 Å². The first-order chi connectivity index (χ1) is 11.3. The van der Waals surface area contributed by atoms with Crippen molar-refractivity contribution in [2.24, 2.45) is 0 Å². The van der Waals surface area contributed by atoms with E-state index in [2.05, 4.69) is 4.98 Å². The number of nitrogens with zero attached hydrogens (tertiary/aromatic N) is 1. The van der Waals surface area contributed by atoms with Crippen molar-refractivity contribution in [2.45, 2.75) is 18.8 Å². The molecule has 1 aromatic carbocycles. The van der Waals surface area contributed by atoms with Crippen LogP contribution in [0.25, 0.3) is 0 Å². The van der Waals surface area contributed by atoms with Gasteiger partial charge in [-0.1, -0.05) is 47.1 Å². The molecule has 24 heavy (non-hydrogen) atoms. The molecular weight excluding hydrogens is 381 g/mol. The number of hydrogen-bond donors (Lipinski definition) is 1. The molecule has 0 spiro atoms. The van der Waals surface area contributed by atoms with Crippen molar-refractivity contribution in [1.29, 1.82) is 0 Å². The number of pyridine rings is 1. The maximum absolute atomic E-state index is 13.5. The average molecular weight is 393 g/mol. The van der Waals surface area contributed by atoms with Crippen molar-refractivity contribution in [3.63, 3.8) is 0 Å². The van der Waals surface area contributed by atoms with Crippen LogP contribution in [0.3, 0.4) is 0 Å². The smallest absolute Gasteiger partial charge is 0.238 e. The summed E-state index contributed by atoms with van der Waals surface area (Å²) >= 11 is 12.4. The minimum atomic E-state index is -1.04. The lowest BCUT2D eigenvalue weighted by atomic mass is 10.2. The fourth-order valence-electron chi connectivity index (χ4n) is 1.70. The summed E-state index contributed by atoms with van der Waals surface area (Å²) in [5.41, 5.74) is 5.97. The molecule has 0 radical (unpaired) electrons. The number of halogens is 4. The third-order valence-corrected chi connectivity index (χ3v) is 4.75. The largest absolute Gasteiger partial charge is 0.464 e. The van der Waals surface area contributed by atoms with Crippen LogP contribution in [-0.2, 0) is 10.5 Å². The number of thioether (sulfide) groups is 1. The van der Waals surface area contributed by atoms with Crippen molar-refractivity contribution in [3.8, 4) is 5.88 Å². The second-order valence-corrected chi connectivity index (χ2v) is 6.48. The molecule has 0 saturated carbocycles. The molecule has 0 saturated heterocycles. The van der Waals surface area contributed by atoms with E-state index in [0.29, 0.717) is 5.56 Å². The van der Waals surface area contributed by atoms with E-state index in [9.17, 15) is 13.6 Å². The highest BCUT2D eigenvalue weighted by atomic mass is 35.5. The van der Waals surface area contributed by atoms with Gasteiger partial charge in [-0.25, -0.2) is 4.39 Å². The molecule has 1 heterocycles. The van der Waals surface area contributed by atoms with Gasteiger partial charge in [-0.2, -0.15) is 9.37 Å². The van der Waals surface area contributed by atoms with Crippen molar-refractivity contribution in [3.05, 3.63) is 51.6 Å². The third-order valence-electron chi connectivity index (χ3n) is 2.93. The van der Waals surface area contributed by atoms with Gasteiger partial charge in [0.15, 0.2) is 6.10 Å². The topological polar surface area (TPSA) is 65.2 Å². The molecule has 0 amide bonds. The fraction of sp³-hybridized carbons (Fsp3) is 0.200. The first kappa shape index (κ1) is 18.8. The first-order valence-corrected chi connectivity index (χ1v) is 8.41. The average Bonchev–Trinajstić information content (AvgIpc) is 2.55. The van der Waals surface area contributed by atoms with Crippen LogP contribution in [0, 0.1) is 11.8 Å². The Morgan fingerprint density at radius 1 is 1.38 bits per heavy atom. The van der Waals surface area contributed by atoms with Gasteiger partial charge in [0.2, 0.25) is 16.9 Å². The zero-order chi connectivity index (χ0) is 17.9. The molecule has 0 unspecified atom stereocenters. The molecule has 2 rings (SSSR count). The molecular formula is C15H12Cl2F2N2O2S. The van der Waals surface area contributed by atoms with Crippen LogP contribution in [0.2, 0.25) is 10.0 Å². The number of anilines is 1. The van der Waals surface area contributed by atoms with E-state index in [-0.39, 0.29) is 33.3 Å². The van der Waals surface area contributed by atoms with Gasteiger partial charge in [0.25, 0.3) is 0 Å². The number of nitrogen functional groups attached to an aromatic ring is 1. The summed E-state index contributed by atoms with van der Waals surface area (Å²) in [6, 6.07) is 5.90. The van der Waals surface area contributed by atoms with Gasteiger partial charge in [-0.05, 0) is 24.6 Å². The van der Waals surface area contributed by atoms with Crippen LogP contribution in [0.5, 0.6) is 5.88 Å². The van der Waals surface area contributed by atoms with E-state index in [0.717, 1.165) is 11.8 Å². The molecule has 0 fully saturated rings. The third kappa shape index (κ3) is 4.49. The number of nitrogens with two attached hydrogens (primary N) is 1. The summed E-state index contributed by atoms with van der Waals surface area (Å²) in [5, 5.41) is -0.936. The summed E-state index contributed by atoms with van der Waals surface area (Å²) in [5.74, 6) is -1.47. The highest BCUT2D eigenvalue weighted by molar-refractivity contribution is 8.13. The zero-order valence-corrected chi connectivity index (χ0v) is 14.7. The monoisotopic (exact) mass is 392 g/mol. The van der Waals surface area contributed by atoms with Crippen molar-refractivity contribution < 1.29 is 18.3 Å². The quantitative estimate of drug-likeness (QED) is 0.759. The number of aromatic nitrogens is 1. The Balaban J connectivity index is 2.02. The van der Waals surface area contributed by atoms with Crippen molar-refractivity contribution in [1.82, 2.24) is 4.98 Å². The summed E-state index contributed by atoms with van der Waals surface area (Å²) in [6.45, 7) is 1.46. The Morgan fingerprint density at radius 3 is 2.75 bits per heavy atom. The van der Waals surface area contributed by atoms with E-state index < -0.39 is 17.1 Å². The Kier molecular flexibility index (Phi) is 6.26. The summed E-state index contributed by atoms with van der Waals surface area (Å²) in [6.07, 6.45) is -0.964. The predicted octanol–water partition coefficient (Wildman–Crippen LogP) is 4.48. The van der Waals surface area contributed by atoms with E-state index in [4.69, 9.17) is 33.7 Å². The molecule has 1 atom stereocenters. The highest BCUT2D eigenvalue weighted by Crippen LogP contribution is 2.36. The lowest BCUT2D eigenvalue weighted by Crippen LogP contribution is -2.22. The standard InChI is InChI=1S/C15H12Cl2F2N2O2S/c1-7(15(22)24-6-8-3-2-4-9(18)5-8)23-14-11(17)12(20)10(16)13(19)21-14/h2-5,7H,6H2,1H3,(H2,20,21)/t7-/m1/s1. The molecule has 0 aliphatic rings. The zero-order valence-electron chi connectivity index (χ0n) is 12.4. The molecule has 0 bridgehead atoms. The summed E-state index contributed by atoms with van der Waals surface area (Å²) < 4.78 is 31.9. The number of rotatable bonds is 5. The first-order valence-electron chi connectivity index (χ1n) is 6.67. The number of hydrogen-bond acceptors (Lipinski definition) is 5. The van der Waals surface area contributed by atoms with Crippen molar-refractivity contribution in [2.75, 3.05) is 5.73 Å². The van der Waals surface area contributed by atoms with Gasteiger partial charge < -0.3 is 10.5 Å². The lowest BCUT2D eigenvalue weighted by molar-refractivity contribution is -0.116. The Labute approximate surface area is 151 Å². The van der Waals surface area contributed by atoms with Gasteiger partial charge in [-0.3, -0.25) is 4.79 Å².